The number of nitrogens with two attached hydrogens (primary N) is 1. The molecule has 28 heavy (non-hydrogen) atoms. The molecule has 0 spiro atoms. The van der Waals surface area contributed by atoms with E-state index >= 15 is 0 Å². The highest BCUT2D eigenvalue weighted by atomic mass is 16.1. The van der Waals surface area contributed by atoms with Gasteiger partial charge in [-0.3, -0.25) is 4.79 Å². The molecule has 2 heterocycles. The molecule has 1 amide bonds. The maximum absolute atomic E-state index is 12.1. The van der Waals surface area contributed by atoms with Gasteiger partial charge in [-0.25, -0.2) is 9.97 Å². The number of primary amides is 1. The molecule has 1 fully saturated rings. The largest absolute Gasteiger partial charge is 0.366 e. The number of aromatic nitrogens is 2. The lowest BCUT2D eigenvalue weighted by Gasteiger charge is -2.25. The van der Waals surface area contributed by atoms with E-state index in [9.17, 15) is 4.79 Å². The van der Waals surface area contributed by atoms with Crippen LogP contribution in [-0.4, -0.2) is 35.0 Å². The Bertz CT molecular complexity index is 1060. The standard InChI is InChI=1S/C21H20N6O/c22-10-13-3-5-14(6-4-13)15-8-17(20(23)28)19-18(9-15)21(26-12-25-19)27-16-2-1-7-24-11-16/h3-6,8-9,12,16,24H,1-2,7,11H2,(H2,23,28)(H,25,26,27). The van der Waals surface area contributed by atoms with Crippen LogP contribution in [0.5, 0.6) is 0 Å². The Labute approximate surface area is 162 Å². The number of rotatable bonds is 4. The third-order valence-corrected chi connectivity index (χ3v) is 4.99. The van der Waals surface area contributed by atoms with E-state index in [1.54, 1.807) is 18.2 Å². The molecule has 4 N–H and O–H groups in total. The van der Waals surface area contributed by atoms with Gasteiger partial charge in [0.25, 0.3) is 5.91 Å². The Kier molecular flexibility index (Phi) is 4.87. The summed E-state index contributed by atoms with van der Waals surface area (Å²) in [5, 5.41) is 16.6. The highest BCUT2D eigenvalue weighted by Crippen LogP contribution is 2.30. The molecule has 0 aliphatic carbocycles. The number of nitriles is 1. The minimum atomic E-state index is -0.538. The Hall–Kier alpha value is -3.50. The normalized spacial score (nSPS) is 16.5. The van der Waals surface area contributed by atoms with Crippen LogP contribution < -0.4 is 16.4 Å². The molecule has 1 aromatic heterocycles. The maximum atomic E-state index is 12.1. The summed E-state index contributed by atoms with van der Waals surface area (Å²) in [6.07, 6.45) is 3.61. The number of nitrogens with one attached hydrogen (secondary N) is 2. The molecule has 4 rings (SSSR count). The number of carbonyl (C=O) groups is 1. The van der Waals surface area contributed by atoms with Gasteiger partial charge in [0.15, 0.2) is 0 Å². The molecule has 1 aliphatic rings. The lowest BCUT2D eigenvalue weighted by atomic mass is 9.98. The minimum absolute atomic E-state index is 0.266. The van der Waals surface area contributed by atoms with E-state index in [1.807, 2.05) is 18.2 Å². The molecule has 1 atom stereocenters. The van der Waals surface area contributed by atoms with Crippen molar-refractivity contribution in [1.82, 2.24) is 15.3 Å². The average molecular weight is 372 g/mol. The van der Waals surface area contributed by atoms with E-state index in [-0.39, 0.29) is 6.04 Å². The van der Waals surface area contributed by atoms with Crippen molar-refractivity contribution in [1.29, 1.82) is 5.26 Å². The molecule has 3 aromatic rings. The van der Waals surface area contributed by atoms with Crippen LogP contribution in [-0.2, 0) is 0 Å². The molecule has 0 bridgehead atoms. The first-order valence-corrected chi connectivity index (χ1v) is 9.22. The van der Waals surface area contributed by atoms with Gasteiger partial charge in [0.1, 0.15) is 12.1 Å². The van der Waals surface area contributed by atoms with Gasteiger partial charge in [0.05, 0.1) is 22.7 Å². The van der Waals surface area contributed by atoms with Crippen molar-refractivity contribution in [3.8, 4) is 17.2 Å². The first-order valence-electron chi connectivity index (χ1n) is 9.22. The Balaban J connectivity index is 1.83. The molecule has 2 aromatic carbocycles. The van der Waals surface area contributed by atoms with Crippen molar-refractivity contribution in [3.63, 3.8) is 0 Å². The fourth-order valence-corrected chi connectivity index (χ4v) is 3.54. The predicted molar refractivity (Wildman–Crippen MR) is 108 cm³/mol. The van der Waals surface area contributed by atoms with Crippen LogP contribution in [0.2, 0.25) is 0 Å². The number of piperidine rings is 1. The van der Waals surface area contributed by atoms with E-state index in [0.29, 0.717) is 22.5 Å². The Morgan fingerprint density at radius 1 is 1.21 bits per heavy atom. The van der Waals surface area contributed by atoms with Crippen LogP contribution in [0, 0.1) is 11.3 Å². The van der Waals surface area contributed by atoms with E-state index < -0.39 is 5.91 Å². The second-order valence-electron chi connectivity index (χ2n) is 6.88. The summed E-state index contributed by atoms with van der Waals surface area (Å²) in [6.45, 7) is 1.89. The number of nitrogens with zero attached hydrogens (tertiary/aromatic N) is 3. The summed E-state index contributed by atoms with van der Waals surface area (Å²) < 4.78 is 0. The van der Waals surface area contributed by atoms with Gasteiger partial charge < -0.3 is 16.4 Å². The number of benzene rings is 2. The number of amides is 1. The summed E-state index contributed by atoms with van der Waals surface area (Å²) in [5.41, 5.74) is 8.81. The summed E-state index contributed by atoms with van der Waals surface area (Å²) in [5.74, 6) is 0.154. The van der Waals surface area contributed by atoms with Crippen molar-refractivity contribution < 1.29 is 4.79 Å². The quantitative estimate of drug-likeness (QED) is 0.648. The SMILES string of the molecule is N#Cc1ccc(-c2cc(C(N)=O)c3ncnc(NC4CCCNC4)c3c2)cc1. The molecule has 7 nitrogen and oxygen atoms in total. The molecule has 0 radical (unpaired) electrons. The fraction of sp³-hybridized carbons (Fsp3) is 0.238. The molecule has 140 valence electrons. The number of hydrogen-bond acceptors (Lipinski definition) is 6. The van der Waals surface area contributed by atoms with Gasteiger partial charge in [-0.1, -0.05) is 12.1 Å². The number of carbonyl (C=O) groups excluding carboxylic acids is 1. The zero-order valence-corrected chi connectivity index (χ0v) is 15.3. The van der Waals surface area contributed by atoms with Crippen LogP contribution in [0.1, 0.15) is 28.8 Å². The second kappa shape index (κ2) is 7.62. The number of fused-ring (bicyclic) bond motifs is 1. The van der Waals surface area contributed by atoms with Crippen molar-refractivity contribution >= 4 is 22.6 Å². The maximum Gasteiger partial charge on any atom is 0.250 e. The second-order valence-corrected chi connectivity index (χ2v) is 6.88. The van der Waals surface area contributed by atoms with Crippen LogP contribution in [0.15, 0.2) is 42.7 Å². The minimum Gasteiger partial charge on any atom is -0.366 e. The van der Waals surface area contributed by atoms with Gasteiger partial charge in [-0.05, 0) is 54.8 Å². The van der Waals surface area contributed by atoms with E-state index in [0.717, 1.165) is 42.4 Å². The Morgan fingerprint density at radius 2 is 2.04 bits per heavy atom. The van der Waals surface area contributed by atoms with E-state index in [1.165, 1.54) is 6.33 Å². The summed E-state index contributed by atoms with van der Waals surface area (Å²) in [7, 11) is 0. The first-order chi connectivity index (χ1) is 13.7. The molecule has 7 heteroatoms. The van der Waals surface area contributed by atoms with Gasteiger partial charge >= 0.3 is 0 Å². The third-order valence-electron chi connectivity index (χ3n) is 4.99. The van der Waals surface area contributed by atoms with Gasteiger partial charge in [0, 0.05) is 18.0 Å². The van der Waals surface area contributed by atoms with Gasteiger partial charge in [0.2, 0.25) is 0 Å². The molecule has 1 saturated heterocycles. The summed E-state index contributed by atoms with van der Waals surface area (Å²) >= 11 is 0. The lowest BCUT2D eigenvalue weighted by molar-refractivity contribution is 0.100. The Morgan fingerprint density at radius 3 is 2.71 bits per heavy atom. The van der Waals surface area contributed by atoms with Crippen molar-refractivity contribution in [2.45, 2.75) is 18.9 Å². The van der Waals surface area contributed by atoms with E-state index in [2.05, 4.69) is 26.7 Å². The summed E-state index contributed by atoms with van der Waals surface area (Å²) in [6, 6.07) is 13.3. The van der Waals surface area contributed by atoms with E-state index in [4.69, 9.17) is 11.0 Å². The zero-order valence-electron chi connectivity index (χ0n) is 15.3. The van der Waals surface area contributed by atoms with Crippen LogP contribution >= 0.6 is 0 Å². The lowest BCUT2D eigenvalue weighted by Crippen LogP contribution is -2.38. The fourth-order valence-electron chi connectivity index (χ4n) is 3.54. The highest BCUT2D eigenvalue weighted by molar-refractivity contribution is 6.08. The average Bonchev–Trinajstić information content (AvgIpc) is 2.74. The van der Waals surface area contributed by atoms with Crippen molar-refractivity contribution in [2.24, 2.45) is 5.73 Å². The smallest absolute Gasteiger partial charge is 0.250 e. The third kappa shape index (κ3) is 3.50. The predicted octanol–water partition coefficient (Wildman–Crippen LogP) is 2.43. The van der Waals surface area contributed by atoms with Crippen LogP contribution in [0.4, 0.5) is 5.82 Å². The van der Waals surface area contributed by atoms with Crippen LogP contribution in [0.25, 0.3) is 22.0 Å². The first kappa shape index (κ1) is 17.9. The monoisotopic (exact) mass is 372 g/mol. The van der Waals surface area contributed by atoms with Crippen molar-refractivity contribution in [3.05, 3.63) is 53.9 Å². The van der Waals surface area contributed by atoms with Crippen LogP contribution in [0.3, 0.4) is 0 Å². The number of anilines is 1. The number of hydrogen-bond donors (Lipinski definition) is 3. The molecule has 1 unspecified atom stereocenters. The molecular weight excluding hydrogens is 352 g/mol. The molecule has 1 aliphatic heterocycles. The van der Waals surface area contributed by atoms with Crippen molar-refractivity contribution in [2.75, 3.05) is 18.4 Å². The topological polar surface area (TPSA) is 117 Å². The van der Waals surface area contributed by atoms with Gasteiger partial charge in [-0.15, -0.1) is 0 Å². The highest BCUT2D eigenvalue weighted by Gasteiger charge is 2.18. The molecule has 0 saturated carbocycles. The van der Waals surface area contributed by atoms with Gasteiger partial charge in [-0.2, -0.15) is 5.26 Å². The zero-order chi connectivity index (χ0) is 19.5. The summed E-state index contributed by atoms with van der Waals surface area (Å²) in [4.78, 5) is 20.8. The molecular formula is C21H20N6O.